The first-order valence-electron chi connectivity index (χ1n) is 8.53. The third-order valence-corrected chi connectivity index (χ3v) is 5.84. The van der Waals surface area contributed by atoms with Crippen LogP contribution in [0.25, 0.3) is 0 Å². The molecule has 3 nitrogen and oxygen atoms in total. The Morgan fingerprint density at radius 1 is 1.10 bits per heavy atom. The fraction of sp³-hybridized carbons (Fsp3) is 0.667. The molecular formula is C18H27N3. The second-order valence-corrected chi connectivity index (χ2v) is 7.30. The molecule has 0 atom stereocenters. The van der Waals surface area contributed by atoms with Crippen LogP contribution in [0, 0.1) is 0 Å². The van der Waals surface area contributed by atoms with E-state index in [0.29, 0.717) is 5.41 Å². The third kappa shape index (κ3) is 2.47. The number of nitrogens with one attached hydrogen (secondary N) is 1. The molecule has 0 bridgehead atoms. The number of piperazine rings is 1. The molecule has 0 unspecified atom stereocenters. The topological polar surface area (TPSA) is 18.5 Å². The zero-order valence-corrected chi connectivity index (χ0v) is 13.2. The molecule has 0 amide bonds. The summed E-state index contributed by atoms with van der Waals surface area (Å²) in [6, 6.07) is 7.17. The van der Waals surface area contributed by atoms with Crippen LogP contribution in [0.4, 0.5) is 5.69 Å². The second-order valence-electron chi connectivity index (χ2n) is 7.30. The predicted octanol–water partition coefficient (Wildman–Crippen LogP) is 2.67. The highest BCUT2D eigenvalue weighted by atomic mass is 15.2. The lowest BCUT2D eigenvalue weighted by atomic mass is 9.80. The minimum atomic E-state index is 0.466. The van der Waals surface area contributed by atoms with Crippen LogP contribution in [0.1, 0.15) is 36.8 Å². The molecule has 114 valence electrons. The maximum Gasteiger partial charge on any atom is 0.0379 e. The maximum absolute atomic E-state index is 3.65. The van der Waals surface area contributed by atoms with E-state index < -0.39 is 0 Å². The number of anilines is 1. The van der Waals surface area contributed by atoms with Crippen LogP contribution in [0.2, 0.25) is 0 Å². The van der Waals surface area contributed by atoms with Crippen LogP contribution >= 0.6 is 0 Å². The van der Waals surface area contributed by atoms with Gasteiger partial charge in [-0.05, 0) is 37.1 Å². The Morgan fingerprint density at radius 3 is 2.62 bits per heavy atom. The fourth-order valence-electron chi connectivity index (χ4n) is 4.40. The minimum absolute atomic E-state index is 0.466. The number of hydrogen-bond donors (Lipinski definition) is 1. The summed E-state index contributed by atoms with van der Waals surface area (Å²) >= 11 is 0. The highest BCUT2D eigenvalue weighted by Gasteiger charge is 2.41. The summed E-state index contributed by atoms with van der Waals surface area (Å²) in [7, 11) is 2.22. The van der Waals surface area contributed by atoms with Gasteiger partial charge in [0.2, 0.25) is 0 Å². The summed E-state index contributed by atoms with van der Waals surface area (Å²) in [5.41, 5.74) is 4.99. The summed E-state index contributed by atoms with van der Waals surface area (Å²) in [6.07, 6.45) is 5.57. The van der Waals surface area contributed by atoms with Gasteiger partial charge in [-0.15, -0.1) is 0 Å². The zero-order chi connectivity index (χ0) is 14.3. The summed E-state index contributed by atoms with van der Waals surface area (Å²) in [5.74, 6) is 0. The van der Waals surface area contributed by atoms with Crippen LogP contribution in [-0.2, 0) is 12.0 Å². The smallest absolute Gasteiger partial charge is 0.0379 e. The van der Waals surface area contributed by atoms with E-state index in [0.717, 1.165) is 6.54 Å². The van der Waals surface area contributed by atoms with Crippen molar-refractivity contribution in [3.05, 3.63) is 29.3 Å². The first kappa shape index (κ1) is 13.6. The lowest BCUT2D eigenvalue weighted by Gasteiger charge is -2.32. The highest BCUT2D eigenvalue weighted by molar-refractivity contribution is 5.61. The monoisotopic (exact) mass is 285 g/mol. The van der Waals surface area contributed by atoms with E-state index in [4.69, 9.17) is 0 Å². The van der Waals surface area contributed by atoms with Gasteiger partial charge in [-0.2, -0.15) is 0 Å². The van der Waals surface area contributed by atoms with Crippen molar-refractivity contribution in [2.24, 2.45) is 0 Å². The SMILES string of the molecule is CN1CCN(Cc2ccc3c(c2)C2(CCCC2)CN3)CC1. The molecule has 2 aliphatic heterocycles. The number of rotatable bonds is 2. The average molecular weight is 285 g/mol. The lowest BCUT2D eigenvalue weighted by molar-refractivity contribution is 0.148. The molecule has 2 heterocycles. The molecule has 1 N–H and O–H groups in total. The Kier molecular flexibility index (Phi) is 3.43. The molecule has 2 fully saturated rings. The Hall–Kier alpha value is -1.06. The summed E-state index contributed by atoms with van der Waals surface area (Å²) in [4.78, 5) is 5.03. The van der Waals surface area contributed by atoms with Gasteiger partial charge in [0.1, 0.15) is 0 Å². The van der Waals surface area contributed by atoms with Crippen molar-refractivity contribution in [1.29, 1.82) is 0 Å². The zero-order valence-electron chi connectivity index (χ0n) is 13.2. The summed E-state index contributed by atoms with van der Waals surface area (Å²) in [6.45, 7) is 7.11. The quantitative estimate of drug-likeness (QED) is 0.901. The Balaban J connectivity index is 1.53. The van der Waals surface area contributed by atoms with Crippen LogP contribution in [0.5, 0.6) is 0 Å². The van der Waals surface area contributed by atoms with Gasteiger partial charge in [0.25, 0.3) is 0 Å². The van der Waals surface area contributed by atoms with E-state index in [2.05, 4.69) is 40.4 Å². The van der Waals surface area contributed by atoms with Gasteiger partial charge in [-0.25, -0.2) is 0 Å². The normalized spacial score (nSPS) is 25.2. The molecular weight excluding hydrogens is 258 g/mol. The number of hydrogen-bond acceptors (Lipinski definition) is 3. The van der Waals surface area contributed by atoms with Gasteiger partial charge in [-0.1, -0.05) is 25.0 Å². The van der Waals surface area contributed by atoms with Crippen molar-refractivity contribution in [3.63, 3.8) is 0 Å². The molecule has 3 aliphatic rings. The molecule has 1 spiro atoms. The number of likely N-dealkylation sites (N-methyl/N-ethyl adjacent to an activating group) is 1. The Morgan fingerprint density at radius 2 is 1.86 bits per heavy atom. The Labute approximate surface area is 128 Å². The van der Waals surface area contributed by atoms with Crippen molar-refractivity contribution in [2.75, 3.05) is 45.1 Å². The molecule has 1 aliphatic carbocycles. The largest absolute Gasteiger partial charge is 0.384 e. The van der Waals surface area contributed by atoms with Gasteiger partial charge < -0.3 is 10.2 Å². The molecule has 1 saturated carbocycles. The van der Waals surface area contributed by atoms with Crippen LogP contribution < -0.4 is 5.32 Å². The van der Waals surface area contributed by atoms with Crippen LogP contribution in [0.15, 0.2) is 18.2 Å². The molecule has 1 saturated heterocycles. The van der Waals surface area contributed by atoms with Crippen molar-refractivity contribution >= 4 is 5.69 Å². The minimum Gasteiger partial charge on any atom is -0.384 e. The third-order valence-electron chi connectivity index (χ3n) is 5.84. The van der Waals surface area contributed by atoms with Crippen LogP contribution in [-0.4, -0.2) is 49.6 Å². The predicted molar refractivity (Wildman–Crippen MR) is 87.9 cm³/mol. The summed E-state index contributed by atoms with van der Waals surface area (Å²) < 4.78 is 0. The first-order valence-corrected chi connectivity index (χ1v) is 8.53. The van der Waals surface area contributed by atoms with Crippen molar-refractivity contribution in [3.8, 4) is 0 Å². The highest BCUT2D eigenvalue weighted by Crippen LogP contribution is 2.48. The molecule has 4 rings (SSSR count). The second kappa shape index (κ2) is 5.29. The molecule has 1 aromatic rings. The molecule has 1 aromatic carbocycles. The van der Waals surface area contributed by atoms with E-state index >= 15 is 0 Å². The van der Waals surface area contributed by atoms with Crippen molar-refractivity contribution in [2.45, 2.75) is 37.6 Å². The van der Waals surface area contributed by atoms with Gasteiger partial charge in [0.15, 0.2) is 0 Å². The van der Waals surface area contributed by atoms with Gasteiger partial charge >= 0.3 is 0 Å². The maximum atomic E-state index is 3.65. The Bertz CT molecular complexity index is 511. The van der Waals surface area contributed by atoms with Gasteiger partial charge in [0.05, 0.1) is 0 Å². The van der Waals surface area contributed by atoms with Gasteiger partial charge in [-0.3, -0.25) is 4.90 Å². The lowest BCUT2D eigenvalue weighted by Crippen LogP contribution is -2.43. The summed E-state index contributed by atoms with van der Waals surface area (Å²) in [5, 5.41) is 3.65. The van der Waals surface area contributed by atoms with Crippen molar-refractivity contribution < 1.29 is 0 Å². The fourth-order valence-corrected chi connectivity index (χ4v) is 4.40. The molecule has 21 heavy (non-hydrogen) atoms. The van der Waals surface area contributed by atoms with E-state index in [-0.39, 0.29) is 0 Å². The van der Waals surface area contributed by atoms with Crippen molar-refractivity contribution in [1.82, 2.24) is 9.80 Å². The number of nitrogens with zero attached hydrogens (tertiary/aromatic N) is 2. The standard InChI is InChI=1S/C18H27N3/c1-20-8-10-21(11-9-20)13-15-4-5-17-16(12-15)18(14-19-17)6-2-3-7-18/h4-5,12,19H,2-3,6-11,13-14H2,1H3. The molecule has 3 heteroatoms. The van der Waals surface area contributed by atoms with E-state index in [1.807, 2.05) is 0 Å². The molecule has 0 radical (unpaired) electrons. The van der Waals surface area contributed by atoms with E-state index in [1.165, 1.54) is 69.7 Å². The van der Waals surface area contributed by atoms with E-state index in [1.54, 1.807) is 5.56 Å². The van der Waals surface area contributed by atoms with E-state index in [9.17, 15) is 0 Å². The number of fused-ring (bicyclic) bond motifs is 2. The van der Waals surface area contributed by atoms with Gasteiger partial charge in [0, 0.05) is 50.4 Å². The number of benzene rings is 1. The molecule has 0 aromatic heterocycles. The average Bonchev–Trinajstić information content (AvgIpc) is 3.11. The van der Waals surface area contributed by atoms with Crippen LogP contribution in [0.3, 0.4) is 0 Å². The first-order chi connectivity index (χ1) is 10.3.